The number of methoxy groups -OCH3 is 1. The number of aromatic nitrogens is 1. The zero-order valence-electron chi connectivity index (χ0n) is 12.7. The first-order chi connectivity index (χ1) is 9.45. The second-order valence-corrected chi connectivity index (χ2v) is 5.54. The molecule has 2 rings (SSSR count). The van der Waals surface area contributed by atoms with Crippen LogP contribution in [0.3, 0.4) is 0 Å². The zero-order valence-corrected chi connectivity index (χ0v) is 12.7. The normalized spacial score (nSPS) is 12.7. The van der Waals surface area contributed by atoms with Gasteiger partial charge in [0.05, 0.1) is 18.4 Å². The van der Waals surface area contributed by atoms with Crippen LogP contribution < -0.4 is 10.5 Å². The molecule has 0 bridgehead atoms. The third-order valence-electron chi connectivity index (χ3n) is 3.80. The summed E-state index contributed by atoms with van der Waals surface area (Å²) in [5.74, 6) is 1.84. The van der Waals surface area contributed by atoms with Gasteiger partial charge in [-0.1, -0.05) is 37.6 Å². The Balaban J connectivity index is 2.63. The van der Waals surface area contributed by atoms with Gasteiger partial charge in [0.15, 0.2) is 0 Å². The van der Waals surface area contributed by atoms with Gasteiger partial charge in [0.25, 0.3) is 0 Å². The lowest BCUT2D eigenvalue weighted by Gasteiger charge is -2.15. The van der Waals surface area contributed by atoms with Gasteiger partial charge in [0.1, 0.15) is 5.75 Å². The lowest BCUT2D eigenvalue weighted by molar-refractivity contribution is 0.407. The van der Waals surface area contributed by atoms with Gasteiger partial charge in [0, 0.05) is 11.5 Å². The predicted molar refractivity (Wildman–Crippen MR) is 80.9 cm³/mol. The summed E-state index contributed by atoms with van der Waals surface area (Å²) in [5.41, 5.74) is 9.83. The van der Waals surface area contributed by atoms with Crippen molar-refractivity contribution < 1.29 is 9.26 Å². The molecule has 0 aliphatic heterocycles. The van der Waals surface area contributed by atoms with Crippen LogP contribution in [0.2, 0.25) is 0 Å². The second kappa shape index (κ2) is 5.57. The Bertz CT molecular complexity index is 603. The van der Waals surface area contributed by atoms with Crippen LogP contribution in [0.5, 0.6) is 5.75 Å². The molecule has 4 nitrogen and oxygen atoms in total. The summed E-state index contributed by atoms with van der Waals surface area (Å²) in [6.45, 7) is 8.49. The number of hydrogen-bond donors (Lipinski definition) is 1. The molecular weight excluding hydrogens is 252 g/mol. The molecule has 4 heteroatoms. The Morgan fingerprint density at radius 1 is 1.25 bits per heavy atom. The van der Waals surface area contributed by atoms with E-state index in [2.05, 4.69) is 32.0 Å². The van der Waals surface area contributed by atoms with Gasteiger partial charge < -0.3 is 15.0 Å². The standard InChI is InChI=1S/C16H22N2O2/c1-9(2)11(4)15-14(16(17)20-18-15)12-8-10(3)6-7-13(12)19-5/h6-9,11H,17H2,1-5H3. The highest BCUT2D eigenvalue weighted by Crippen LogP contribution is 2.41. The van der Waals surface area contributed by atoms with Crippen molar-refractivity contribution >= 4 is 5.88 Å². The molecule has 0 aliphatic rings. The first-order valence-corrected chi connectivity index (χ1v) is 6.85. The van der Waals surface area contributed by atoms with E-state index in [0.717, 1.165) is 28.1 Å². The molecule has 0 radical (unpaired) electrons. The molecule has 1 aromatic carbocycles. The monoisotopic (exact) mass is 274 g/mol. The second-order valence-electron chi connectivity index (χ2n) is 5.54. The summed E-state index contributed by atoms with van der Waals surface area (Å²) in [6, 6.07) is 6.01. The van der Waals surface area contributed by atoms with E-state index in [0.29, 0.717) is 11.8 Å². The van der Waals surface area contributed by atoms with Crippen molar-refractivity contribution in [3.8, 4) is 16.9 Å². The van der Waals surface area contributed by atoms with Crippen LogP contribution in [0.4, 0.5) is 5.88 Å². The number of ether oxygens (including phenoxy) is 1. The van der Waals surface area contributed by atoms with Crippen LogP contribution in [0.15, 0.2) is 22.7 Å². The van der Waals surface area contributed by atoms with Crippen LogP contribution in [0.1, 0.15) is 37.9 Å². The Hall–Kier alpha value is -1.97. The van der Waals surface area contributed by atoms with Gasteiger partial charge >= 0.3 is 0 Å². The Morgan fingerprint density at radius 3 is 2.55 bits per heavy atom. The van der Waals surface area contributed by atoms with Gasteiger partial charge in [-0.3, -0.25) is 0 Å². The number of aryl methyl sites for hydroxylation is 1. The quantitative estimate of drug-likeness (QED) is 0.915. The van der Waals surface area contributed by atoms with Crippen LogP contribution >= 0.6 is 0 Å². The fraction of sp³-hybridized carbons (Fsp3) is 0.438. The van der Waals surface area contributed by atoms with E-state index in [4.69, 9.17) is 15.0 Å². The maximum atomic E-state index is 6.00. The number of nitrogens with two attached hydrogens (primary N) is 1. The van der Waals surface area contributed by atoms with E-state index in [9.17, 15) is 0 Å². The van der Waals surface area contributed by atoms with E-state index in [1.807, 2.05) is 19.1 Å². The highest BCUT2D eigenvalue weighted by atomic mass is 16.5. The largest absolute Gasteiger partial charge is 0.496 e. The summed E-state index contributed by atoms with van der Waals surface area (Å²) in [6.07, 6.45) is 0. The summed E-state index contributed by atoms with van der Waals surface area (Å²) in [4.78, 5) is 0. The number of anilines is 1. The van der Waals surface area contributed by atoms with E-state index < -0.39 is 0 Å². The molecule has 108 valence electrons. The van der Waals surface area contributed by atoms with E-state index >= 15 is 0 Å². The molecule has 1 unspecified atom stereocenters. The van der Waals surface area contributed by atoms with Crippen LogP contribution in [0.25, 0.3) is 11.1 Å². The highest BCUT2D eigenvalue weighted by Gasteiger charge is 2.24. The minimum atomic E-state index is 0.260. The van der Waals surface area contributed by atoms with Crippen LogP contribution in [-0.2, 0) is 0 Å². The number of nitrogens with zero attached hydrogens (tertiary/aromatic N) is 1. The SMILES string of the molecule is COc1ccc(C)cc1-c1c(C(C)C(C)C)noc1N. The van der Waals surface area contributed by atoms with E-state index in [-0.39, 0.29) is 5.92 Å². The fourth-order valence-corrected chi connectivity index (χ4v) is 2.23. The lowest BCUT2D eigenvalue weighted by atomic mass is 9.89. The van der Waals surface area contributed by atoms with Gasteiger partial charge in [-0.2, -0.15) is 0 Å². The summed E-state index contributed by atoms with van der Waals surface area (Å²) >= 11 is 0. The third kappa shape index (κ3) is 2.50. The maximum Gasteiger partial charge on any atom is 0.230 e. The lowest BCUT2D eigenvalue weighted by Crippen LogP contribution is -2.04. The fourth-order valence-electron chi connectivity index (χ4n) is 2.23. The average Bonchev–Trinajstić information content (AvgIpc) is 2.79. The molecular formula is C16H22N2O2. The average molecular weight is 274 g/mol. The molecule has 1 aromatic heterocycles. The third-order valence-corrected chi connectivity index (χ3v) is 3.80. The topological polar surface area (TPSA) is 61.3 Å². The van der Waals surface area contributed by atoms with E-state index in [1.165, 1.54) is 0 Å². The Labute approximate surface area is 119 Å². The van der Waals surface area contributed by atoms with Gasteiger partial charge in [-0.25, -0.2) is 0 Å². The van der Waals surface area contributed by atoms with Crippen LogP contribution in [-0.4, -0.2) is 12.3 Å². The number of hydrogen-bond acceptors (Lipinski definition) is 4. The highest BCUT2D eigenvalue weighted by molar-refractivity contribution is 5.80. The molecule has 0 amide bonds. The van der Waals surface area contributed by atoms with Crippen molar-refractivity contribution in [2.75, 3.05) is 12.8 Å². The number of benzene rings is 1. The van der Waals surface area contributed by atoms with Crippen molar-refractivity contribution in [3.05, 3.63) is 29.5 Å². The molecule has 1 heterocycles. The van der Waals surface area contributed by atoms with Crippen LogP contribution in [0, 0.1) is 12.8 Å². The first kappa shape index (κ1) is 14.4. The van der Waals surface area contributed by atoms with Crippen molar-refractivity contribution in [1.29, 1.82) is 0 Å². The maximum absolute atomic E-state index is 6.00. The smallest absolute Gasteiger partial charge is 0.230 e. The first-order valence-electron chi connectivity index (χ1n) is 6.85. The Kier molecular flexibility index (Phi) is 4.02. The molecule has 0 saturated carbocycles. The molecule has 2 aromatic rings. The zero-order chi connectivity index (χ0) is 14.9. The Morgan fingerprint density at radius 2 is 1.95 bits per heavy atom. The predicted octanol–water partition coefficient (Wildman–Crippen LogP) is 4.00. The summed E-state index contributed by atoms with van der Waals surface area (Å²) in [5, 5.41) is 4.16. The summed E-state index contributed by atoms with van der Waals surface area (Å²) in [7, 11) is 1.66. The van der Waals surface area contributed by atoms with Gasteiger partial charge in [-0.05, 0) is 25.0 Å². The number of nitrogen functional groups attached to an aromatic ring is 1. The molecule has 2 N–H and O–H groups in total. The number of rotatable bonds is 4. The minimum Gasteiger partial charge on any atom is -0.496 e. The summed E-state index contributed by atoms with van der Waals surface area (Å²) < 4.78 is 10.7. The van der Waals surface area contributed by atoms with Crippen molar-refractivity contribution in [2.24, 2.45) is 5.92 Å². The molecule has 0 aliphatic carbocycles. The van der Waals surface area contributed by atoms with Crippen molar-refractivity contribution in [2.45, 2.75) is 33.6 Å². The van der Waals surface area contributed by atoms with Gasteiger partial charge in [-0.15, -0.1) is 0 Å². The van der Waals surface area contributed by atoms with Crippen molar-refractivity contribution in [3.63, 3.8) is 0 Å². The molecule has 20 heavy (non-hydrogen) atoms. The molecule has 0 fully saturated rings. The molecule has 0 saturated heterocycles. The van der Waals surface area contributed by atoms with Gasteiger partial charge in [0.2, 0.25) is 5.88 Å². The minimum absolute atomic E-state index is 0.260. The van der Waals surface area contributed by atoms with E-state index in [1.54, 1.807) is 7.11 Å². The van der Waals surface area contributed by atoms with Crippen molar-refractivity contribution in [1.82, 2.24) is 5.16 Å². The molecule has 0 spiro atoms. The molecule has 1 atom stereocenters.